The zero-order valence-electron chi connectivity index (χ0n) is 70.3. The zero-order valence-corrected chi connectivity index (χ0v) is 71.2. The average Bonchev–Trinajstić information content (AvgIpc) is 1.70. The Morgan fingerprint density at radius 1 is 0.741 bits per heavy atom. The maximum atomic E-state index is 14.4. The van der Waals surface area contributed by atoms with Gasteiger partial charge in [0.05, 0.1) is 29.2 Å². The zero-order chi connectivity index (χ0) is 83.6. The highest BCUT2D eigenvalue weighted by Gasteiger charge is 2.43. The van der Waals surface area contributed by atoms with E-state index >= 15 is 0 Å². The number of primary amides is 1. The van der Waals surface area contributed by atoms with Crippen LogP contribution in [0.3, 0.4) is 0 Å². The largest absolute Gasteiger partial charge is 0.431 e. The molecular weight excluding hydrogens is 1450 g/mol. The average molecular weight is 1580 g/mol. The van der Waals surface area contributed by atoms with Gasteiger partial charge >= 0.3 is 12.1 Å². The lowest BCUT2D eigenvalue weighted by Crippen LogP contribution is -2.52. The van der Waals surface area contributed by atoms with Gasteiger partial charge in [-0.25, -0.2) is 14.6 Å². The number of carbonyl (C=O) groups is 12. The third-order valence-electron chi connectivity index (χ3n) is 21.8. The Labute approximate surface area is 670 Å². The van der Waals surface area contributed by atoms with Crippen LogP contribution in [-0.4, -0.2) is 221 Å². The minimum Gasteiger partial charge on any atom is -0.431 e. The molecule has 0 saturated carbocycles. The van der Waals surface area contributed by atoms with Crippen LogP contribution >= 0.6 is 11.3 Å². The lowest BCUT2D eigenvalue weighted by molar-refractivity contribution is -0.145. The Kier molecular flexibility index (Phi) is 42.1. The first-order chi connectivity index (χ1) is 53.0. The highest BCUT2D eigenvalue weighted by Crippen LogP contribution is 2.35. The number of hydrogen-bond acceptors (Lipinski definition) is 18. The fourth-order valence-corrected chi connectivity index (χ4v) is 15.7. The first-order valence-electron chi connectivity index (χ1n) is 40.7. The van der Waals surface area contributed by atoms with Crippen molar-refractivity contribution in [2.75, 3.05) is 86.0 Å². The van der Waals surface area contributed by atoms with Crippen molar-refractivity contribution in [1.29, 1.82) is 0 Å². The van der Waals surface area contributed by atoms with E-state index in [1.807, 2.05) is 84.0 Å². The van der Waals surface area contributed by atoms with Gasteiger partial charge in [-0.3, -0.25) is 52.8 Å². The summed E-state index contributed by atoms with van der Waals surface area (Å²) in [6.45, 7) is 30.4. The maximum absolute atomic E-state index is 14.4. The Bertz CT molecular complexity index is 3430. The van der Waals surface area contributed by atoms with Gasteiger partial charge in [-0.05, 0) is 106 Å². The number of nitrogens with one attached hydrogen (secondary N) is 3. The number of hydrogen-bond donors (Lipinski definition) is 5. The van der Waals surface area contributed by atoms with Gasteiger partial charge in [0, 0.05) is 177 Å². The van der Waals surface area contributed by atoms with Crippen molar-refractivity contribution in [3.63, 3.8) is 0 Å². The monoisotopic (exact) mass is 1580 g/mol. The van der Waals surface area contributed by atoms with Crippen molar-refractivity contribution in [2.24, 2.45) is 59.0 Å². The third kappa shape index (κ3) is 30.4. The fraction of sp³-hybridized carbons (Fsp3) is 0.682. The number of aliphatic hydroxyl groups is 1. The van der Waals surface area contributed by atoms with Crippen LogP contribution in [0.25, 0.3) is 0 Å². The van der Waals surface area contributed by atoms with Crippen LogP contribution in [0.2, 0.25) is 0 Å². The molecule has 112 heavy (non-hydrogen) atoms. The molecule has 1 unspecified atom stereocenters. The number of ether oxygens (including phenoxy) is 2. The Morgan fingerprint density at radius 2 is 1.38 bits per heavy atom. The summed E-state index contributed by atoms with van der Waals surface area (Å²) in [4.78, 5) is 174. The number of carbonyl (C=O) groups excluding carboxylic acids is 12. The van der Waals surface area contributed by atoms with Crippen molar-refractivity contribution in [2.45, 2.75) is 242 Å². The number of benzene rings is 2. The lowest BCUT2D eigenvalue weighted by atomic mass is 9.80. The first-order valence-corrected chi connectivity index (χ1v) is 41.6. The number of anilines is 1. The molecule has 3 aliphatic rings. The first kappa shape index (κ1) is 96.4. The number of likely N-dealkylation sites (N-methyl/N-ethyl adjacent to an activating group) is 3. The molecule has 626 valence electrons. The molecule has 10 amide bonds. The summed E-state index contributed by atoms with van der Waals surface area (Å²) in [5, 5.41) is 21.3. The second kappa shape index (κ2) is 48.9. The van der Waals surface area contributed by atoms with E-state index in [0.717, 1.165) is 43.2 Å². The van der Waals surface area contributed by atoms with E-state index in [0.29, 0.717) is 82.5 Å². The number of urea groups is 1. The fourth-order valence-electron chi connectivity index (χ4n) is 15.0. The lowest BCUT2D eigenvalue weighted by Gasteiger charge is -2.39. The molecular formula is C85H135N11O15S. The van der Waals surface area contributed by atoms with E-state index in [9.17, 15) is 62.6 Å². The summed E-state index contributed by atoms with van der Waals surface area (Å²) in [5.41, 5.74) is 7.08. The number of amides is 10. The molecule has 0 bridgehead atoms. The normalized spacial score (nSPS) is 17.5. The molecule has 6 rings (SSSR count). The molecule has 0 spiro atoms. The number of nitrogens with zero attached hydrogens (tertiary/aromatic N) is 7. The van der Waals surface area contributed by atoms with E-state index < -0.39 is 59.9 Å². The van der Waals surface area contributed by atoms with Crippen LogP contribution in [0.4, 0.5) is 15.3 Å². The maximum Gasteiger partial charge on any atom is 0.411 e. The second-order valence-corrected chi connectivity index (χ2v) is 33.3. The van der Waals surface area contributed by atoms with Crippen LogP contribution in [0, 0.1) is 53.3 Å². The molecule has 1 aromatic heterocycles. The number of aliphatic hydroxyl groups excluding tert-OH is 1. The number of likely N-dealkylation sites (tertiary alicyclic amines) is 2. The number of unbranched alkanes of at least 4 members (excludes halogenated alkanes) is 2. The van der Waals surface area contributed by atoms with Crippen molar-refractivity contribution in [1.82, 2.24) is 45.0 Å². The molecule has 2 aromatic carbocycles. The van der Waals surface area contributed by atoms with Crippen molar-refractivity contribution < 1.29 is 72.1 Å². The van der Waals surface area contributed by atoms with Crippen LogP contribution in [0.5, 0.6) is 0 Å². The predicted molar refractivity (Wildman–Crippen MR) is 436 cm³/mol. The summed E-state index contributed by atoms with van der Waals surface area (Å²) in [6.07, 6.45) is 5.75. The Hall–Kier alpha value is -8.01. The summed E-state index contributed by atoms with van der Waals surface area (Å²) in [5.74, 6) is -4.32. The van der Waals surface area contributed by atoms with Gasteiger partial charge in [0.25, 0.3) is 5.91 Å². The summed E-state index contributed by atoms with van der Waals surface area (Å²) >= 11 is 1.59. The van der Waals surface area contributed by atoms with Crippen molar-refractivity contribution >= 4 is 87.8 Å². The molecule has 3 aliphatic heterocycles. The van der Waals surface area contributed by atoms with Crippen LogP contribution in [0.15, 0.2) is 66.2 Å². The molecule has 12 atom stereocenters. The van der Waals surface area contributed by atoms with E-state index in [1.54, 1.807) is 79.6 Å². The molecule has 3 fully saturated rings. The minimum atomic E-state index is -1.44. The van der Waals surface area contributed by atoms with Crippen molar-refractivity contribution in [3.8, 4) is 0 Å². The number of methoxy groups -OCH3 is 1. The number of nitrogens with two attached hydrogens (primary N) is 1. The van der Waals surface area contributed by atoms with Gasteiger partial charge < -0.3 is 60.8 Å². The second-order valence-electron chi connectivity index (χ2n) is 32.4. The van der Waals surface area contributed by atoms with Gasteiger partial charge in [-0.15, -0.1) is 11.3 Å². The standard InChI is InChI=1S/C57H93N9O12.C24H32N2O3S.C4H10/c1-14-38(8)51(39(9)77-13)63(11)54(73)43(35(2)3)34-45(68)50(37(6)7)64(12)57(76)78-52(55(74)65-31-29-62(10)30-32-65)40-21-23-42(24-22-40)60-53(72)41(19-18-27-59-56(58)75)33-44(67)49(36(4)5)61-46(69)20-16-15-17-28-66-47(70)25-26-48(66)71;1-3-23(29)26-12-7-10-21(26)20(16-27)17(2)22(28)15-19(24-25-11-13-30-24)14-18-8-5-4-6-9-18;1-4(2)3/h21-24,35-39,41,43,49-52H,14-20,25-34H2,1-13H3,(H,60,72)(H,61,69)(H3,58,59,75);4-6,8-9,11,13,17,19-21,27H,3,7,10,12,14-16H2,1-2H3;4H,1-3H3/t38-,39+,41+,43-,49-,50-,51-,52?;17-,19-,20-,21+;/m01./s1. The molecule has 6 N–H and O–H groups in total. The van der Waals surface area contributed by atoms with Crippen LogP contribution in [0.1, 0.15) is 221 Å². The SMILES string of the molecule is CC(C)C.CCC(=O)N1CCC[C@H]1[C@H](CO)[C@@H](C)C(=O)C[C@@H](Cc1ccccc1)c1nccs1.CC[C@H](C)[C@@H]([C@@H](C)OC)N(C)C(=O)[C@@H](CC(=O)[C@H](C(C)C)N(C)C(=O)OC(C(=O)N1CCN(C)CC1)c1ccc(NC(=O)[C@H](CCCNC(N)=O)CC(=O)[C@@H](NC(=O)CCCCCN2C(=O)CCC2=O)C(C)C)cc1)C(C)C. The number of piperazine rings is 1. The molecule has 3 aromatic rings. The molecule has 27 heteroatoms. The van der Waals surface area contributed by atoms with Gasteiger partial charge in [-0.1, -0.05) is 145 Å². The third-order valence-corrected chi connectivity index (χ3v) is 22.7. The predicted octanol–water partition coefficient (Wildman–Crippen LogP) is 11.3. The number of ketones is 3. The highest BCUT2D eigenvalue weighted by atomic mass is 32.1. The molecule has 3 saturated heterocycles. The smallest absolute Gasteiger partial charge is 0.411 e. The summed E-state index contributed by atoms with van der Waals surface area (Å²) < 4.78 is 11.8. The van der Waals surface area contributed by atoms with Crippen molar-refractivity contribution in [3.05, 3.63) is 82.3 Å². The van der Waals surface area contributed by atoms with Crippen LogP contribution < -0.4 is 21.7 Å². The topological polar surface area (TPSA) is 338 Å². The molecule has 0 aliphatic carbocycles. The van der Waals surface area contributed by atoms with Crippen LogP contribution in [-0.2, 0) is 63.8 Å². The van der Waals surface area contributed by atoms with Gasteiger partial charge in [0.15, 0.2) is 11.6 Å². The van der Waals surface area contributed by atoms with Gasteiger partial charge in [-0.2, -0.15) is 0 Å². The molecule has 4 heterocycles. The van der Waals surface area contributed by atoms with E-state index in [4.69, 9.17) is 15.2 Å². The number of Topliss-reactive ketones (excluding diaryl/α,β-unsaturated/α-hetero) is 3. The van der Waals surface area contributed by atoms with Gasteiger partial charge in [0.2, 0.25) is 41.5 Å². The van der Waals surface area contributed by atoms with Gasteiger partial charge in [0.1, 0.15) is 5.78 Å². The number of rotatable bonds is 42. The summed E-state index contributed by atoms with van der Waals surface area (Å²) in [7, 11) is 6.76. The molecule has 26 nitrogen and oxygen atoms in total. The summed E-state index contributed by atoms with van der Waals surface area (Å²) in [6, 6.07) is 13.5. The molecule has 0 radical (unpaired) electrons. The number of aromatic nitrogens is 1. The number of thiazole rings is 1. The number of imide groups is 1. The Morgan fingerprint density at radius 3 is 1.92 bits per heavy atom. The quantitative estimate of drug-likeness (QED) is 0.0260. The Balaban J connectivity index is 0.000000637. The van der Waals surface area contributed by atoms with E-state index in [1.165, 1.54) is 22.4 Å². The van der Waals surface area contributed by atoms with E-state index in [2.05, 4.69) is 72.6 Å². The highest BCUT2D eigenvalue weighted by molar-refractivity contribution is 7.09. The van der Waals surface area contributed by atoms with E-state index in [-0.39, 0.29) is 152 Å². The minimum absolute atomic E-state index is 0.0265.